The van der Waals surface area contributed by atoms with Crippen LogP contribution in [-0.4, -0.2) is 19.9 Å². The third-order valence-electron chi connectivity index (χ3n) is 4.59. The summed E-state index contributed by atoms with van der Waals surface area (Å²) in [6.45, 7) is 0. The van der Waals surface area contributed by atoms with E-state index in [4.69, 9.17) is 0 Å². The molecule has 1 aromatic carbocycles. The van der Waals surface area contributed by atoms with Crippen molar-refractivity contribution in [2.45, 2.75) is 0 Å². The SMILES string of the molecule is Fc1ccc(F)c(-c2cc(Nc3nccc4ccncc34)c3ncccc3n2)c1. The van der Waals surface area contributed by atoms with Crippen molar-refractivity contribution in [1.82, 2.24) is 19.9 Å². The van der Waals surface area contributed by atoms with Gasteiger partial charge in [-0.05, 0) is 53.9 Å². The summed E-state index contributed by atoms with van der Waals surface area (Å²) in [7, 11) is 0. The molecule has 0 spiro atoms. The Bertz CT molecular complexity index is 1370. The van der Waals surface area contributed by atoms with Crippen LogP contribution in [0.25, 0.3) is 33.1 Å². The minimum absolute atomic E-state index is 0.0753. The molecular weight excluding hydrogens is 372 g/mol. The minimum Gasteiger partial charge on any atom is -0.338 e. The molecule has 0 aliphatic carbocycles. The van der Waals surface area contributed by atoms with Crippen LogP contribution in [-0.2, 0) is 0 Å². The lowest BCUT2D eigenvalue weighted by molar-refractivity contribution is 0.602. The van der Waals surface area contributed by atoms with Crippen molar-refractivity contribution in [3.63, 3.8) is 0 Å². The molecule has 0 aliphatic rings. The quantitative estimate of drug-likeness (QED) is 0.459. The maximum Gasteiger partial charge on any atom is 0.139 e. The number of anilines is 2. The number of hydrogen-bond donors (Lipinski definition) is 1. The van der Waals surface area contributed by atoms with E-state index in [1.807, 2.05) is 12.1 Å². The van der Waals surface area contributed by atoms with Crippen molar-refractivity contribution in [1.29, 1.82) is 0 Å². The normalized spacial score (nSPS) is 11.1. The molecule has 0 unspecified atom stereocenters. The number of rotatable bonds is 3. The van der Waals surface area contributed by atoms with Crippen LogP contribution in [0.2, 0.25) is 0 Å². The molecule has 140 valence electrons. The highest BCUT2D eigenvalue weighted by Crippen LogP contribution is 2.32. The molecule has 4 aromatic heterocycles. The third-order valence-corrected chi connectivity index (χ3v) is 4.59. The molecule has 0 saturated heterocycles. The van der Waals surface area contributed by atoms with Gasteiger partial charge in [0.15, 0.2) is 0 Å². The van der Waals surface area contributed by atoms with Crippen LogP contribution in [0.1, 0.15) is 0 Å². The molecule has 29 heavy (non-hydrogen) atoms. The Morgan fingerprint density at radius 2 is 1.76 bits per heavy atom. The van der Waals surface area contributed by atoms with Crippen molar-refractivity contribution in [2.75, 3.05) is 5.32 Å². The summed E-state index contributed by atoms with van der Waals surface area (Å²) in [5.41, 5.74) is 2.10. The fraction of sp³-hybridized carbons (Fsp3) is 0. The maximum absolute atomic E-state index is 14.4. The largest absolute Gasteiger partial charge is 0.338 e. The number of benzene rings is 1. The molecule has 5 nitrogen and oxygen atoms in total. The van der Waals surface area contributed by atoms with Crippen LogP contribution < -0.4 is 5.32 Å². The lowest BCUT2D eigenvalue weighted by Crippen LogP contribution is -1.99. The number of halogens is 2. The summed E-state index contributed by atoms with van der Waals surface area (Å²) in [6.07, 6.45) is 6.76. The number of hydrogen-bond acceptors (Lipinski definition) is 5. The smallest absolute Gasteiger partial charge is 0.139 e. The highest BCUT2D eigenvalue weighted by atomic mass is 19.1. The van der Waals surface area contributed by atoms with Gasteiger partial charge in [0.2, 0.25) is 0 Å². The van der Waals surface area contributed by atoms with Gasteiger partial charge in [0.25, 0.3) is 0 Å². The van der Waals surface area contributed by atoms with Gasteiger partial charge in [-0.3, -0.25) is 9.97 Å². The van der Waals surface area contributed by atoms with E-state index in [9.17, 15) is 8.78 Å². The number of pyridine rings is 4. The standard InChI is InChI=1S/C22H13F2N5/c23-14-3-4-17(24)15(10-14)19-11-20(21-18(28-19)2-1-7-26-21)29-22-16-12-25-8-5-13(16)6-9-27-22/h1-12H,(H,27,28,29). The van der Waals surface area contributed by atoms with Crippen LogP contribution >= 0.6 is 0 Å². The molecular formula is C22H13F2N5. The van der Waals surface area contributed by atoms with E-state index in [2.05, 4.69) is 25.3 Å². The number of nitrogens with zero attached hydrogens (tertiary/aromatic N) is 4. The number of aromatic nitrogens is 4. The summed E-state index contributed by atoms with van der Waals surface area (Å²) < 4.78 is 28.1. The average molecular weight is 385 g/mol. The monoisotopic (exact) mass is 385 g/mol. The first-order chi connectivity index (χ1) is 14.2. The molecule has 0 amide bonds. The van der Waals surface area contributed by atoms with Gasteiger partial charge >= 0.3 is 0 Å². The molecule has 0 bridgehead atoms. The molecule has 0 fully saturated rings. The maximum atomic E-state index is 14.4. The second kappa shape index (κ2) is 6.87. The Balaban J connectivity index is 1.71. The molecule has 0 aliphatic heterocycles. The van der Waals surface area contributed by atoms with E-state index in [-0.39, 0.29) is 5.56 Å². The van der Waals surface area contributed by atoms with Crippen LogP contribution in [0.3, 0.4) is 0 Å². The topological polar surface area (TPSA) is 63.6 Å². The molecule has 0 radical (unpaired) electrons. The Labute approximate surface area is 164 Å². The van der Waals surface area contributed by atoms with Gasteiger partial charge in [0, 0.05) is 35.7 Å². The molecule has 5 rings (SSSR count). The Kier molecular flexibility index (Phi) is 4.05. The van der Waals surface area contributed by atoms with Crippen molar-refractivity contribution in [2.24, 2.45) is 0 Å². The van der Waals surface area contributed by atoms with Gasteiger partial charge in [0.1, 0.15) is 23.0 Å². The molecule has 5 aromatic rings. The summed E-state index contributed by atoms with van der Waals surface area (Å²) in [6, 6.07) is 12.2. The van der Waals surface area contributed by atoms with E-state index >= 15 is 0 Å². The molecule has 0 atom stereocenters. The second-order valence-corrected chi connectivity index (χ2v) is 6.43. The van der Waals surface area contributed by atoms with Crippen molar-refractivity contribution < 1.29 is 8.78 Å². The highest BCUT2D eigenvalue weighted by molar-refractivity contribution is 5.97. The first-order valence-electron chi connectivity index (χ1n) is 8.86. The van der Waals surface area contributed by atoms with Gasteiger partial charge in [-0.25, -0.2) is 18.7 Å². The zero-order valence-electron chi connectivity index (χ0n) is 15.0. The van der Waals surface area contributed by atoms with E-state index in [0.717, 1.165) is 29.0 Å². The zero-order valence-corrected chi connectivity index (χ0v) is 15.0. The zero-order chi connectivity index (χ0) is 19.8. The van der Waals surface area contributed by atoms with Crippen LogP contribution in [0.5, 0.6) is 0 Å². The lowest BCUT2D eigenvalue weighted by atomic mass is 10.1. The average Bonchev–Trinajstić information content (AvgIpc) is 2.75. The third kappa shape index (κ3) is 3.12. The summed E-state index contributed by atoms with van der Waals surface area (Å²) in [5, 5.41) is 5.06. The highest BCUT2D eigenvalue weighted by Gasteiger charge is 2.14. The summed E-state index contributed by atoms with van der Waals surface area (Å²) in [4.78, 5) is 17.4. The van der Waals surface area contributed by atoms with E-state index in [0.29, 0.717) is 28.2 Å². The minimum atomic E-state index is -0.555. The van der Waals surface area contributed by atoms with Gasteiger partial charge in [-0.1, -0.05) is 0 Å². The van der Waals surface area contributed by atoms with Crippen LogP contribution in [0.4, 0.5) is 20.3 Å². The van der Waals surface area contributed by atoms with Gasteiger partial charge in [0.05, 0.1) is 16.9 Å². The number of nitrogens with one attached hydrogen (secondary N) is 1. The van der Waals surface area contributed by atoms with E-state index in [1.54, 1.807) is 43.0 Å². The lowest BCUT2D eigenvalue weighted by Gasteiger charge is -2.13. The fourth-order valence-corrected chi connectivity index (χ4v) is 3.23. The first kappa shape index (κ1) is 17.1. The predicted molar refractivity (Wildman–Crippen MR) is 108 cm³/mol. The van der Waals surface area contributed by atoms with Crippen molar-refractivity contribution >= 4 is 33.3 Å². The van der Waals surface area contributed by atoms with Gasteiger partial charge < -0.3 is 5.32 Å². The fourth-order valence-electron chi connectivity index (χ4n) is 3.23. The summed E-state index contributed by atoms with van der Waals surface area (Å²) in [5.74, 6) is -0.509. The molecule has 7 heteroatoms. The predicted octanol–water partition coefficient (Wildman–Crippen LogP) is 5.26. The van der Waals surface area contributed by atoms with Gasteiger partial charge in [-0.2, -0.15) is 0 Å². The van der Waals surface area contributed by atoms with Gasteiger partial charge in [-0.15, -0.1) is 0 Å². The molecule has 0 saturated carbocycles. The van der Waals surface area contributed by atoms with E-state index in [1.165, 1.54) is 0 Å². The van der Waals surface area contributed by atoms with Crippen molar-refractivity contribution in [3.8, 4) is 11.3 Å². The second-order valence-electron chi connectivity index (χ2n) is 6.43. The molecule has 4 heterocycles. The van der Waals surface area contributed by atoms with Crippen molar-refractivity contribution in [3.05, 3.63) is 85.0 Å². The van der Waals surface area contributed by atoms with Crippen LogP contribution in [0.15, 0.2) is 73.3 Å². The number of fused-ring (bicyclic) bond motifs is 2. The Morgan fingerprint density at radius 1 is 0.862 bits per heavy atom. The van der Waals surface area contributed by atoms with Crippen LogP contribution in [0, 0.1) is 11.6 Å². The summed E-state index contributed by atoms with van der Waals surface area (Å²) >= 11 is 0. The Morgan fingerprint density at radius 3 is 2.69 bits per heavy atom. The molecule has 1 N–H and O–H groups in total. The van der Waals surface area contributed by atoms with E-state index < -0.39 is 11.6 Å². The first-order valence-corrected chi connectivity index (χ1v) is 8.86. The Hall–Kier alpha value is -4.00.